The van der Waals surface area contributed by atoms with Gasteiger partial charge in [0.05, 0.1) is 36.2 Å². The predicted molar refractivity (Wildman–Crippen MR) is 233 cm³/mol. The van der Waals surface area contributed by atoms with E-state index in [1.54, 1.807) is 79.3 Å². The molecule has 9 nitrogen and oxygen atoms in total. The Balaban J connectivity index is 0.000000173. The molecule has 0 radical (unpaired) electrons. The van der Waals surface area contributed by atoms with Crippen LogP contribution in [0.2, 0.25) is 30.1 Å². The van der Waals surface area contributed by atoms with Crippen molar-refractivity contribution in [3.05, 3.63) is 187 Å². The molecule has 4 heterocycles. The number of phenols is 2. The number of nitrogens with two attached hydrogens (primary N) is 1. The lowest BCUT2D eigenvalue weighted by Gasteiger charge is -2.22. The average molecular weight is 879 g/mol. The average Bonchev–Trinajstić information content (AvgIpc) is 3.22. The molecule has 1 unspecified atom stereocenters. The number of halogens is 6. The van der Waals surface area contributed by atoms with Gasteiger partial charge in [-0.2, -0.15) is 0 Å². The van der Waals surface area contributed by atoms with E-state index in [0.29, 0.717) is 63.9 Å². The molecule has 0 saturated heterocycles. The topological polar surface area (TPSA) is 147 Å². The fourth-order valence-corrected chi connectivity index (χ4v) is 5.92. The number of para-hydroxylation sites is 1. The summed E-state index contributed by atoms with van der Waals surface area (Å²) in [5.41, 5.74) is 8.44. The minimum absolute atomic E-state index is 0.0932. The molecule has 8 aromatic rings. The molecule has 0 aliphatic heterocycles. The summed E-state index contributed by atoms with van der Waals surface area (Å²) in [6.45, 7) is 0. The number of anilines is 2. The third-order valence-electron chi connectivity index (χ3n) is 7.83. The zero-order valence-electron chi connectivity index (χ0n) is 29.4. The molecular formula is C42H30Cl6N6O3. The number of hydrogen-bond acceptors (Lipinski definition) is 9. The fourth-order valence-electron chi connectivity index (χ4n) is 5.08. The van der Waals surface area contributed by atoms with E-state index in [0.717, 1.165) is 22.6 Å². The molecule has 0 fully saturated rings. The number of nitrogen functional groups attached to an aromatic ring is 1. The van der Waals surface area contributed by atoms with Gasteiger partial charge in [0.25, 0.3) is 0 Å². The summed E-state index contributed by atoms with van der Waals surface area (Å²) in [5, 5.41) is 28.3. The van der Waals surface area contributed by atoms with Crippen molar-refractivity contribution in [3.63, 3.8) is 0 Å². The molecule has 0 aliphatic carbocycles. The number of pyridine rings is 4. The summed E-state index contributed by atoms with van der Waals surface area (Å²) in [4.78, 5) is 26.5. The number of carbonyl (C=O) groups is 1. The lowest BCUT2D eigenvalue weighted by molar-refractivity contribution is 0.112. The Morgan fingerprint density at radius 3 is 1.79 bits per heavy atom. The third kappa shape index (κ3) is 12.1. The molecule has 4 aromatic carbocycles. The minimum Gasteiger partial charge on any atom is -0.506 e. The molecule has 0 amide bonds. The highest BCUT2D eigenvalue weighted by Crippen LogP contribution is 2.38. The summed E-state index contributed by atoms with van der Waals surface area (Å²) >= 11 is 34.9. The molecule has 8 rings (SSSR count). The number of fused-ring (bicyclic) bond motifs is 2. The molecule has 0 saturated carbocycles. The minimum atomic E-state index is -0.435. The Morgan fingerprint density at radius 2 is 1.21 bits per heavy atom. The molecule has 4 aromatic heterocycles. The van der Waals surface area contributed by atoms with E-state index in [1.165, 1.54) is 12.3 Å². The van der Waals surface area contributed by atoms with Gasteiger partial charge in [0.2, 0.25) is 0 Å². The molecule has 0 aliphatic rings. The van der Waals surface area contributed by atoms with Crippen molar-refractivity contribution in [2.75, 3.05) is 11.1 Å². The molecule has 5 N–H and O–H groups in total. The van der Waals surface area contributed by atoms with Crippen molar-refractivity contribution in [1.29, 1.82) is 0 Å². The summed E-state index contributed by atoms with van der Waals surface area (Å²) < 4.78 is 0. The Bertz CT molecular complexity index is 2570. The van der Waals surface area contributed by atoms with E-state index in [4.69, 9.17) is 75.3 Å². The van der Waals surface area contributed by atoms with Gasteiger partial charge in [0.15, 0.2) is 0 Å². The van der Waals surface area contributed by atoms with Gasteiger partial charge in [0, 0.05) is 46.7 Å². The van der Waals surface area contributed by atoms with Crippen LogP contribution in [-0.2, 0) is 0 Å². The maximum absolute atomic E-state index is 10.9. The SMILES string of the molecule is Nc1ccc(Cl)cn1.O=Cc1ccc(Cl)c(Cl)c1.Oc1c(C(Nc2ccc(Cl)cn2)c2ccc(Cl)c(Cl)c2)ccc2cccnc12.Oc1cccc2cccnc12. The molecule has 1 atom stereocenters. The van der Waals surface area contributed by atoms with Gasteiger partial charge in [0.1, 0.15) is 40.5 Å². The van der Waals surface area contributed by atoms with Crippen LogP contribution in [0.15, 0.2) is 140 Å². The first-order valence-corrected chi connectivity index (χ1v) is 18.9. The number of benzene rings is 4. The lowest BCUT2D eigenvalue weighted by atomic mass is 9.96. The number of rotatable bonds is 5. The smallest absolute Gasteiger partial charge is 0.150 e. The summed E-state index contributed by atoms with van der Waals surface area (Å²) in [6.07, 6.45) is 7.10. The second-order valence-corrected chi connectivity index (χ2v) is 14.2. The van der Waals surface area contributed by atoms with Crippen molar-refractivity contribution in [3.8, 4) is 11.5 Å². The van der Waals surface area contributed by atoms with Gasteiger partial charge in [-0.25, -0.2) is 9.97 Å². The van der Waals surface area contributed by atoms with Crippen LogP contribution in [0.1, 0.15) is 27.5 Å². The van der Waals surface area contributed by atoms with Crippen molar-refractivity contribution in [1.82, 2.24) is 19.9 Å². The van der Waals surface area contributed by atoms with Gasteiger partial charge < -0.3 is 21.3 Å². The second kappa shape index (κ2) is 20.7. The van der Waals surface area contributed by atoms with E-state index >= 15 is 0 Å². The van der Waals surface area contributed by atoms with Crippen LogP contribution in [0.4, 0.5) is 11.6 Å². The van der Waals surface area contributed by atoms with E-state index in [2.05, 4.69) is 25.3 Å². The quantitative estimate of drug-likeness (QED) is 0.124. The Labute approximate surface area is 357 Å². The first-order valence-electron chi connectivity index (χ1n) is 16.6. The van der Waals surface area contributed by atoms with E-state index < -0.39 is 6.04 Å². The van der Waals surface area contributed by atoms with Crippen molar-refractivity contribution >= 4 is 109 Å². The highest BCUT2D eigenvalue weighted by molar-refractivity contribution is 6.42. The first-order chi connectivity index (χ1) is 27.4. The van der Waals surface area contributed by atoms with Crippen LogP contribution in [-0.4, -0.2) is 36.4 Å². The van der Waals surface area contributed by atoms with Crippen LogP contribution in [0.25, 0.3) is 21.8 Å². The highest BCUT2D eigenvalue weighted by atomic mass is 35.5. The standard InChI is InChI=1S/C21H14Cl3N3O.C9H7NO.C7H4Cl2O.C5H5ClN2/c22-14-5-8-18(26-11-14)27-19(13-4-7-16(23)17(24)10-13)15-6-3-12-2-1-9-25-20(12)21(15)28;11-8-5-1-3-7-4-2-6-10-9(7)8;8-6-2-1-5(4-10)3-7(6)9;6-4-1-2-5(7)8-3-4/h1-11,19,28H,(H,26,27);1-6,11H;1-4H;1-3H,(H2,7,8). The van der Waals surface area contributed by atoms with Gasteiger partial charge in [-0.1, -0.05) is 118 Å². The number of carbonyl (C=O) groups excluding carboxylic acids is 1. The van der Waals surface area contributed by atoms with Crippen LogP contribution in [0.5, 0.6) is 11.5 Å². The van der Waals surface area contributed by atoms with Gasteiger partial charge in [-0.15, -0.1) is 0 Å². The van der Waals surface area contributed by atoms with Crippen molar-refractivity contribution in [2.45, 2.75) is 6.04 Å². The Kier molecular flexibility index (Phi) is 15.5. The van der Waals surface area contributed by atoms with Gasteiger partial charge in [-0.05, 0) is 72.3 Å². The fraction of sp³-hybridized carbons (Fsp3) is 0.0238. The highest BCUT2D eigenvalue weighted by Gasteiger charge is 2.21. The summed E-state index contributed by atoms with van der Waals surface area (Å²) in [7, 11) is 0. The molecule has 0 bridgehead atoms. The maximum atomic E-state index is 10.9. The first kappa shape index (κ1) is 42.7. The number of aromatic hydroxyl groups is 2. The van der Waals surface area contributed by atoms with Crippen LogP contribution in [0.3, 0.4) is 0 Å². The zero-order valence-corrected chi connectivity index (χ0v) is 33.9. The molecule has 0 spiro atoms. The third-order valence-corrected chi connectivity index (χ3v) is 9.75. The number of aromatic nitrogens is 4. The van der Waals surface area contributed by atoms with E-state index in [1.807, 2.05) is 48.5 Å². The second-order valence-electron chi connectivity index (χ2n) is 11.7. The zero-order chi connectivity index (χ0) is 40.9. The van der Waals surface area contributed by atoms with Gasteiger partial charge in [-0.3, -0.25) is 14.8 Å². The largest absolute Gasteiger partial charge is 0.506 e. The van der Waals surface area contributed by atoms with Crippen molar-refractivity contribution in [2.24, 2.45) is 0 Å². The molecular weight excluding hydrogens is 849 g/mol. The number of nitrogens with one attached hydrogen (secondary N) is 1. The van der Waals surface area contributed by atoms with Crippen LogP contribution in [0, 0.1) is 0 Å². The molecule has 15 heteroatoms. The lowest BCUT2D eigenvalue weighted by Crippen LogP contribution is -2.13. The van der Waals surface area contributed by atoms with Gasteiger partial charge >= 0.3 is 0 Å². The van der Waals surface area contributed by atoms with Crippen LogP contribution < -0.4 is 11.1 Å². The Hall–Kier alpha value is -5.39. The monoisotopic (exact) mass is 876 g/mol. The maximum Gasteiger partial charge on any atom is 0.150 e. The van der Waals surface area contributed by atoms with E-state index in [9.17, 15) is 15.0 Å². The molecule has 288 valence electrons. The number of phenolic OH excluding ortho intramolecular Hbond substituents is 2. The summed E-state index contributed by atoms with van der Waals surface area (Å²) in [5.74, 6) is 1.43. The van der Waals surface area contributed by atoms with Crippen LogP contribution >= 0.6 is 69.6 Å². The summed E-state index contributed by atoms with van der Waals surface area (Å²) in [6, 6.07) is 33.1. The number of hydrogen-bond donors (Lipinski definition) is 4. The predicted octanol–water partition coefficient (Wildman–Crippen LogP) is 12.6. The van der Waals surface area contributed by atoms with Crippen molar-refractivity contribution < 1.29 is 15.0 Å². The Morgan fingerprint density at radius 1 is 0.596 bits per heavy atom. The number of aldehydes is 1. The molecule has 57 heavy (non-hydrogen) atoms. The number of nitrogens with zero attached hydrogens (tertiary/aromatic N) is 4. The normalized spacial score (nSPS) is 10.8. The van der Waals surface area contributed by atoms with E-state index in [-0.39, 0.29) is 11.5 Å².